The van der Waals surface area contributed by atoms with Gasteiger partial charge in [-0.1, -0.05) is 20.8 Å². The van der Waals surface area contributed by atoms with Crippen molar-refractivity contribution in [3.05, 3.63) is 0 Å². The van der Waals surface area contributed by atoms with E-state index in [1.54, 1.807) is 6.92 Å². The molecule has 1 saturated heterocycles. The minimum atomic E-state index is -0.821. The lowest BCUT2D eigenvalue weighted by atomic mass is 9.67. The number of carbonyl (C=O) groups excluding carboxylic acids is 3. The first-order valence-electron chi connectivity index (χ1n) is 8.72. The number of imide groups is 1. The average molecular weight is 338 g/mol. The van der Waals surface area contributed by atoms with Gasteiger partial charge in [0.25, 0.3) is 5.91 Å². The molecule has 1 atom stereocenters. The van der Waals surface area contributed by atoms with Gasteiger partial charge in [0.2, 0.25) is 5.91 Å². The Bertz CT molecular complexity index is 518. The normalized spacial score (nSPS) is 28.9. The molecule has 24 heavy (non-hydrogen) atoms. The fourth-order valence-electron chi connectivity index (χ4n) is 3.66. The van der Waals surface area contributed by atoms with E-state index < -0.39 is 11.6 Å². The summed E-state index contributed by atoms with van der Waals surface area (Å²) in [5.41, 5.74) is 4.85. The van der Waals surface area contributed by atoms with E-state index in [-0.39, 0.29) is 29.8 Å². The zero-order valence-electron chi connectivity index (χ0n) is 15.1. The van der Waals surface area contributed by atoms with Gasteiger partial charge in [0.05, 0.1) is 0 Å². The smallest absolute Gasteiger partial charge is 0.325 e. The van der Waals surface area contributed by atoms with Crippen LogP contribution in [0, 0.1) is 11.3 Å². The highest BCUT2D eigenvalue weighted by Gasteiger charge is 2.53. The van der Waals surface area contributed by atoms with E-state index in [1.165, 1.54) is 0 Å². The number of carbonyl (C=O) groups is 3. The molecule has 0 aromatic rings. The number of amides is 4. The number of hydrogen-bond donors (Lipinski definition) is 3. The van der Waals surface area contributed by atoms with Crippen LogP contribution >= 0.6 is 0 Å². The zero-order chi connectivity index (χ0) is 18.1. The van der Waals surface area contributed by atoms with Gasteiger partial charge in [0, 0.05) is 12.6 Å². The molecular weight excluding hydrogens is 308 g/mol. The number of nitrogens with zero attached hydrogens (tertiary/aromatic N) is 1. The van der Waals surface area contributed by atoms with Crippen molar-refractivity contribution in [1.82, 2.24) is 15.5 Å². The summed E-state index contributed by atoms with van der Waals surface area (Å²) in [4.78, 5) is 38.0. The van der Waals surface area contributed by atoms with Crippen molar-refractivity contribution < 1.29 is 14.4 Å². The molecule has 0 radical (unpaired) electrons. The third-order valence-electron chi connectivity index (χ3n) is 5.37. The molecule has 136 valence electrons. The summed E-state index contributed by atoms with van der Waals surface area (Å²) in [6.45, 7) is 8.46. The van der Waals surface area contributed by atoms with Gasteiger partial charge in [-0.15, -0.1) is 0 Å². The van der Waals surface area contributed by atoms with Gasteiger partial charge >= 0.3 is 6.03 Å². The topological polar surface area (TPSA) is 105 Å². The van der Waals surface area contributed by atoms with E-state index in [0.717, 1.165) is 17.7 Å². The predicted octanol–water partition coefficient (Wildman–Crippen LogP) is 0.977. The minimum absolute atomic E-state index is 0.186. The molecule has 4 amide bonds. The largest absolute Gasteiger partial charge is 0.351 e. The number of urea groups is 1. The molecular formula is C17H30N4O3. The quantitative estimate of drug-likeness (QED) is 0.665. The van der Waals surface area contributed by atoms with E-state index in [2.05, 4.69) is 31.4 Å². The molecule has 2 rings (SSSR count). The maximum Gasteiger partial charge on any atom is 0.325 e. The van der Waals surface area contributed by atoms with Gasteiger partial charge < -0.3 is 16.4 Å². The molecule has 1 aliphatic heterocycles. The third kappa shape index (κ3) is 3.71. The van der Waals surface area contributed by atoms with Crippen LogP contribution in [0.1, 0.15) is 53.4 Å². The Morgan fingerprint density at radius 1 is 1.38 bits per heavy atom. The van der Waals surface area contributed by atoms with Crippen LogP contribution in [-0.4, -0.2) is 47.4 Å². The molecule has 2 aliphatic rings. The van der Waals surface area contributed by atoms with Gasteiger partial charge in [-0.2, -0.15) is 0 Å². The Balaban J connectivity index is 2.00. The molecule has 0 unspecified atom stereocenters. The van der Waals surface area contributed by atoms with E-state index in [9.17, 15) is 14.4 Å². The first-order chi connectivity index (χ1) is 11.1. The Morgan fingerprint density at radius 2 is 1.96 bits per heavy atom. The highest BCUT2D eigenvalue weighted by Crippen LogP contribution is 2.43. The van der Waals surface area contributed by atoms with Crippen LogP contribution in [0.2, 0.25) is 0 Å². The van der Waals surface area contributed by atoms with Crippen LogP contribution in [0.25, 0.3) is 0 Å². The molecule has 7 heteroatoms. The lowest BCUT2D eigenvalue weighted by Gasteiger charge is -2.40. The highest BCUT2D eigenvalue weighted by molar-refractivity contribution is 6.09. The molecule has 0 aromatic carbocycles. The molecule has 7 nitrogen and oxygen atoms in total. The lowest BCUT2D eigenvalue weighted by molar-refractivity contribution is -0.136. The van der Waals surface area contributed by atoms with Crippen molar-refractivity contribution >= 4 is 17.8 Å². The first kappa shape index (κ1) is 18.7. The second-order valence-electron chi connectivity index (χ2n) is 8.25. The van der Waals surface area contributed by atoms with Gasteiger partial charge in [-0.25, -0.2) is 4.79 Å². The molecule has 0 bridgehead atoms. The van der Waals surface area contributed by atoms with Gasteiger partial charge in [-0.3, -0.25) is 14.5 Å². The fraction of sp³-hybridized carbons (Fsp3) is 0.824. The van der Waals surface area contributed by atoms with Gasteiger partial charge in [-0.05, 0) is 43.9 Å². The Kier molecular flexibility index (Phi) is 5.22. The second-order valence-corrected chi connectivity index (χ2v) is 8.25. The summed E-state index contributed by atoms with van der Waals surface area (Å²) in [5, 5.41) is 5.52. The zero-order valence-corrected chi connectivity index (χ0v) is 15.1. The van der Waals surface area contributed by atoms with Crippen LogP contribution in [0.15, 0.2) is 0 Å². The maximum absolute atomic E-state index is 12.8. The lowest BCUT2D eigenvalue weighted by Crippen LogP contribution is -2.51. The molecule has 4 N–H and O–H groups in total. The van der Waals surface area contributed by atoms with Crippen LogP contribution in [0.4, 0.5) is 4.79 Å². The summed E-state index contributed by atoms with van der Waals surface area (Å²) < 4.78 is 0. The summed E-state index contributed by atoms with van der Waals surface area (Å²) in [6.07, 6.45) is 3.08. The molecule has 1 spiro atoms. The second kappa shape index (κ2) is 6.70. The third-order valence-corrected chi connectivity index (χ3v) is 5.37. The number of rotatable bonds is 4. The number of nitrogens with one attached hydrogen (secondary N) is 2. The van der Waals surface area contributed by atoms with Crippen LogP contribution in [-0.2, 0) is 9.59 Å². The van der Waals surface area contributed by atoms with Crippen molar-refractivity contribution in [2.45, 2.75) is 65.0 Å². The van der Waals surface area contributed by atoms with Gasteiger partial charge in [0.1, 0.15) is 12.1 Å². The van der Waals surface area contributed by atoms with E-state index in [1.807, 2.05) is 0 Å². The number of nitrogens with two attached hydrogens (primary N) is 1. The monoisotopic (exact) mass is 338 g/mol. The molecule has 2 fully saturated rings. The van der Waals surface area contributed by atoms with Crippen molar-refractivity contribution in [2.75, 3.05) is 13.1 Å². The predicted molar refractivity (Wildman–Crippen MR) is 91.0 cm³/mol. The maximum atomic E-state index is 12.8. The van der Waals surface area contributed by atoms with Crippen LogP contribution in [0.5, 0.6) is 0 Å². The highest BCUT2D eigenvalue weighted by atomic mass is 16.2. The summed E-state index contributed by atoms with van der Waals surface area (Å²) in [7, 11) is 0. The molecule has 1 saturated carbocycles. The Morgan fingerprint density at radius 3 is 2.46 bits per heavy atom. The SMILES string of the molecule is C[C@@H](CN)NC(=O)CN1C(=O)NC2(CCC(C(C)(C)C)CC2)C1=O. The minimum Gasteiger partial charge on any atom is -0.351 e. The number of hydrogen-bond acceptors (Lipinski definition) is 4. The van der Waals surface area contributed by atoms with Crippen molar-refractivity contribution in [3.63, 3.8) is 0 Å². The van der Waals surface area contributed by atoms with E-state index in [0.29, 0.717) is 25.3 Å². The van der Waals surface area contributed by atoms with Crippen LogP contribution < -0.4 is 16.4 Å². The average Bonchev–Trinajstić information content (AvgIpc) is 2.71. The van der Waals surface area contributed by atoms with Crippen molar-refractivity contribution in [2.24, 2.45) is 17.1 Å². The first-order valence-corrected chi connectivity index (χ1v) is 8.72. The van der Waals surface area contributed by atoms with E-state index >= 15 is 0 Å². The summed E-state index contributed by atoms with van der Waals surface area (Å²) in [5.74, 6) is -0.0946. The van der Waals surface area contributed by atoms with Crippen molar-refractivity contribution in [1.29, 1.82) is 0 Å². The molecule has 0 aromatic heterocycles. The van der Waals surface area contributed by atoms with Crippen LogP contribution in [0.3, 0.4) is 0 Å². The standard InChI is InChI=1S/C17H30N4O3/c1-11(9-18)19-13(22)10-21-14(23)17(20-15(21)24)7-5-12(6-8-17)16(2,3)4/h11-12H,5-10,18H2,1-4H3,(H,19,22)(H,20,24)/t11-,12?,17?/m0/s1. The van der Waals surface area contributed by atoms with E-state index in [4.69, 9.17) is 5.73 Å². The van der Waals surface area contributed by atoms with Gasteiger partial charge in [0.15, 0.2) is 0 Å². The molecule has 1 heterocycles. The Hall–Kier alpha value is -1.63. The summed E-state index contributed by atoms with van der Waals surface area (Å²) in [6, 6.07) is -0.654. The van der Waals surface area contributed by atoms with Crippen molar-refractivity contribution in [3.8, 4) is 0 Å². The molecule has 1 aliphatic carbocycles. The summed E-state index contributed by atoms with van der Waals surface area (Å²) >= 11 is 0. The Labute approximate surface area is 143 Å². The fourth-order valence-corrected chi connectivity index (χ4v) is 3.66.